The van der Waals surface area contributed by atoms with Crippen LogP contribution in [0.15, 0.2) is 12.7 Å². The molecule has 1 rings (SSSR count). The minimum absolute atomic E-state index is 0.0113. The standard InChI is InChI=1S/C10H19NO/c1-3-9(11)10(12-2)7-5-4-6-8-10/h3,9H,1,4-8,11H2,2H3. The highest BCUT2D eigenvalue weighted by atomic mass is 16.5. The van der Waals surface area contributed by atoms with Crippen molar-refractivity contribution >= 4 is 0 Å². The largest absolute Gasteiger partial charge is 0.376 e. The van der Waals surface area contributed by atoms with Gasteiger partial charge in [-0.2, -0.15) is 0 Å². The maximum Gasteiger partial charge on any atom is 0.0864 e. The van der Waals surface area contributed by atoms with E-state index in [4.69, 9.17) is 10.5 Å². The van der Waals surface area contributed by atoms with E-state index in [2.05, 4.69) is 6.58 Å². The summed E-state index contributed by atoms with van der Waals surface area (Å²) in [6.45, 7) is 3.72. The molecule has 1 unspecified atom stereocenters. The summed E-state index contributed by atoms with van der Waals surface area (Å²) in [5.41, 5.74) is 5.84. The Morgan fingerprint density at radius 3 is 2.42 bits per heavy atom. The van der Waals surface area contributed by atoms with Crippen LogP contribution in [0.2, 0.25) is 0 Å². The predicted octanol–water partition coefficient (Wildman–Crippen LogP) is 1.85. The van der Waals surface area contributed by atoms with Gasteiger partial charge in [0, 0.05) is 7.11 Å². The van der Waals surface area contributed by atoms with Crippen molar-refractivity contribution in [2.24, 2.45) is 5.73 Å². The van der Waals surface area contributed by atoms with Crippen LogP contribution < -0.4 is 5.73 Å². The van der Waals surface area contributed by atoms with Gasteiger partial charge in [0.1, 0.15) is 0 Å². The van der Waals surface area contributed by atoms with Crippen molar-refractivity contribution in [2.75, 3.05) is 7.11 Å². The van der Waals surface area contributed by atoms with Gasteiger partial charge in [-0.05, 0) is 12.8 Å². The van der Waals surface area contributed by atoms with E-state index in [9.17, 15) is 0 Å². The monoisotopic (exact) mass is 169 g/mol. The molecule has 0 heterocycles. The summed E-state index contributed by atoms with van der Waals surface area (Å²) >= 11 is 0. The van der Waals surface area contributed by atoms with Gasteiger partial charge in [-0.15, -0.1) is 6.58 Å². The minimum atomic E-state index is -0.111. The number of methoxy groups -OCH3 is 1. The summed E-state index contributed by atoms with van der Waals surface area (Å²) in [4.78, 5) is 0. The van der Waals surface area contributed by atoms with Gasteiger partial charge in [-0.3, -0.25) is 0 Å². The second kappa shape index (κ2) is 4.06. The summed E-state index contributed by atoms with van der Waals surface area (Å²) < 4.78 is 5.54. The summed E-state index contributed by atoms with van der Waals surface area (Å²) in [5.74, 6) is 0. The van der Waals surface area contributed by atoms with E-state index < -0.39 is 0 Å². The Hall–Kier alpha value is -0.340. The van der Waals surface area contributed by atoms with Crippen LogP contribution in [0.5, 0.6) is 0 Å². The molecule has 0 radical (unpaired) electrons. The first kappa shape index (κ1) is 9.75. The molecule has 2 N–H and O–H groups in total. The SMILES string of the molecule is C=CC(N)C1(OC)CCCCC1. The zero-order valence-electron chi connectivity index (χ0n) is 7.88. The van der Waals surface area contributed by atoms with Crippen LogP contribution in [-0.4, -0.2) is 18.8 Å². The molecule has 1 aliphatic carbocycles. The normalized spacial score (nSPS) is 24.8. The van der Waals surface area contributed by atoms with Gasteiger partial charge in [-0.1, -0.05) is 25.3 Å². The van der Waals surface area contributed by atoms with E-state index in [0.717, 1.165) is 12.8 Å². The maximum atomic E-state index is 5.95. The molecule has 2 nitrogen and oxygen atoms in total. The molecular formula is C10H19NO. The number of hydrogen-bond donors (Lipinski definition) is 1. The fourth-order valence-corrected chi connectivity index (χ4v) is 2.04. The fourth-order valence-electron chi connectivity index (χ4n) is 2.04. The third-order valence-electron chi connectivity index (χ3n) is 2.97. The minimum Gasteiger partial charge on any atom is -0.376 e. The van der Waals surface area contributed by atoms with Gasteiger partial charge in [0.25, 0.3) is 0 Å². The predicted molar refractivity (Wildman–Crippen MR) is 51.0 cm³/mol. The first-order chi connectivity index (χ1) is 5.75. The smallest absolute Gasteiger partial charge is 0.0864 e. The Kier molecular flexibility index (Phi) is 3.29. The second-order valence-corrected chi connectivity index (χ2v) is 3.59. The first-order valence-corrected chi connectivity index (χ1v) is 4.68. The zero-order valence-corrected chi connectivity index (χ0v) is 7.88. The van der Waals surface area contributed by atoms with Crippen molar-refractivity contribution in [3.63, 3.8) is 0 Å². The lowest BCUT2D eigenvalue weighted by atomic mass is 9.79. The first-order valence-electron chi connectivity index (χ1n) is 4.68. The van der Waals surface area contributed by atoms with E-state index in [-0.39, 0.29) is 11.6 Å². The number of rotatable bonds is 3. The highest BCUT2D eigenvalue weighted by Gasteiger charge is 2.36. The average molecular weight is 169 g/mol. The van der Waals surface area contributed by atoms with E-state index in [1.165, 1.54) is 19.3 Å². The van der Waals surface area contributed by atoms with Gasteiger partial charge >= 0.3 is 0 Å². The summed E-state index contributed by atoms with van der Waals surface area (Å²) in [6, 6.07) is -0.0113. The highest BCUT2D eigenvalue weighted by molar-refractivity contribution is 5.01. The molecule has 1 aliphatic rings. The molecule has 0 aliphatic heterocycles. The van der Waals surface area contributed by atoms with Crippen LogP contribution in [0.1, 0.15) is 32.1 Å². The molecule has 12 heavy (non-hydrogen) atoms. The molecule has 0 amide bonds. The van der Waals surface area contributed by atoms with Crippen LogP contribution >= 0.6 is 0 Å². The van der Waals surface area contributed by atoms with Crippen LogP contribution in [0.3, 0.4) is 0 Å². The average Bonchev–Trinajstić information content (AvgIpc) is 2.17. The van der Waals surface area contributed by atoms with Gasteiger partial charge in [0.15, 0.2) is 0 Å². The molecular weight excluding hydrogens is 150 g/mol. The Balaban J connectivity index is 2.65. The molecule has 0 aromatic heterocycles. The summed E-state index contributed by atoms with van der Waals surface area (Å²) in [6.07, 6.45) is 7.74. The van der Waals surface area contributed by atoms with Crippen LogP contribution in [0, 0.1) is 0 Å². The molecule has 0 aromatic carbocycles. The number of nitrogens with two attached hydrogens (primary N) is 1. The Labute approximate surface area is 74.8 Å². The lowest BCUT2D eigenvalue weighted by molar-refractivity contribution is -0.0479. The van der Waals surface area contributed by atoms with Gasteiger partial charge < -0.3 is 10.5 Å². The summed E-state index contributed by atoms with van der Waals surface area (Å²) in [5, 5.41) is 0. The fraction of sp³-hybridized carbons (Fsp3) is 0.800. The van der Waals surface area contributed by atoms with Crippen molar-refractivity contribution in [1.29, 1.82) is 0 Å². The van der Waals surface area contributed by atoms with E-state index in [0.29, 0.717) is 0 Å². The van der Waals surface area contributed by atoms with Crippen LogP contribution in [-0.2, 0) is 4.74 Å². The van der Waals surface area contributed by atoms with Crippen molar-refractivity contribution < 1.29 is 4.74 Å². The Bertz CT molecular complexity index is 150. The lowest BCUT2D eigenvalue weighted by Gasteiger charge is -2.39. The molecule has 2 heteroatoms. The quantitative estimate of drug-likeness (QED) is 0.654. The van der Waals surface area contributed by atoms with Crippen molar-refractivity contribution in [2.45, 2.75) is 43.7 Å². The topological polar surface area (TPSA) is 35.2 Å². The van der Waals surface area contributed by atoms with Crippen molar-refractivity contribution in [3.05, 3.63) is 12.7 Å². The van der Waals surface area contributed by atoms with Gasteiger partial charge in [0.05, 0.1) is 11.6 Å². The van der Waals surface area contributed by atoms with E-state index in [1.807, 2.05) is 0 Å². The molecule has 1 fully saturated rings. The molecule has 0 aromatic rings. The Morgan fingerprint density at radius 1 is 1.42 bits per heavy atom. The zero-order chi connectivity index (χ0) is 9.03. The van der Waals surface area contributed by atoms with Gasteiger partial charge in [-0.25, -0.2) is 0 Å². The highest BCUT2D eigenvalue weighted by Crippen LogP contribution is 2.33. The van der Waals surface area contributed by atoms with Crippen LogP contribution in [0.4, 0.5) is 0 Å². The molecule has 1 atom stereocenters. The maximum absolute atomic E-state index is 5.95. The number of ether oxygens (including phenoxy) is 1. The van der Waals surface area contributed by atoms with Crippen molar-refractivity contribution in [1.82, 2.24) is 0 Å². The Morgan fingerprint density at radius 2 is 2.00 bits per heavy atom. The number of hydrogen-bond acceptors (Lipinski definition) is 2. The summed E-state index contributed by atoms with van der Waals surface area (Å²) in [7, 11) is 1.76. The molecule has 0 spiro atoms. The molecule has 70 valence electrons. The van der Waals surface area contributed by atoms with Gasteiger partial charge in [0.2, 0.25) is 0 Å². The lowest BCUT2D eigenvalue weighted by Crippen LogP contribution is -2.49. The molecule has 1 saturated carbocycles. The third-order valence-corrected chi connectivity index (χ3v) is 2.97. The third kappa shape index (κ3) is 1.70. The van der Waals surface area contributed by atoms with E-state index >= 15 is 0 Å². The molecule has 0 bridgehead atoms. The second-order valence-electron chi connectivity index (χ2n) is 3.59. The van der Waals surface area contributed by atoms with Crippen molar-refractivity contribution in [3.8, 4) is 0 Å². The van der Waals surface area contributed by atoms with E-state index in [1.54, 1.807) is 13.2 Å². The molecule has 0 saturated heterocycles. The van der Waals surface area contributed by atoms with Crippen LogP contribution in [0.25, 0.3) is 0 Å².